The van der Waals surface area contributed by atoms with Crippen molar-refractivity contribution in [2.45, 2.75) is 50.3 Å². The zero-order chi connectivity index (χ0) is 15.0. The molecule has 8 heteroatoms. The highest BCUT2D eigenvalue weighted by atomic mass is 32.2. The lowest BCUT2D eigenvalue weighted by Crippen LogP contribution is -2.43. The predicted molar refractivity (Wildman–Crippen MR) is 71.3 cm³/mol. The van der Waals surface area contributed by atoms with E-state index in [1.807, 2.05) is 0 Å². The van der Waals surface area contributed by atoms with Crippen LogP contribution in [0.4, 0.5) is 0 Å². The minimum atomic E-state index is -3.73. The van der Waals surface area contributed by atoms with E-state index in [1.165, 1.54) is 16.6 Å². The van der Waals surface area contributed by atoms with Crippen LogP contribution in [0.2, 0.25) is 0 Å². The minimum Gasteiger partial charge on any atom is -0.459 e. The molecule has 1 aromatic heterocycles. The number of rotatable bonds is 3. The lowest BCUT2D eigenvalue weighted by molar-refractivity contribution is -0.158. The molecule has 1 N–H and O–H groups in total. The molecular weight excluding hydrogens is 282 g/mol. The van der Waals surface area contributed by atoms with Crippen LogP contribution in [-0.2, 0) is 19.6 Å². The SMILES string of the molecule is CC(C)(C)OC(=O)[C@@H]1CCCN1S(=O)(=O)c1ccn[nH]1. The summed E-state index contributed by atoms with van der Waals surface area (Å²) < 4.78 is 31.3. The molecule has 1 aliphatic rings. The maximum absolute atomic E-state index is 12.4. The number of H-pyrrole nitrogens is 1. The Labute approximate surface area is 118 Å². The second-order valence-corrected chi connectivity index (χ2v) is 7.59. The molecular formula is C12H19N3O4S. The number of nitrogens with one attached hydrogen (secondary N) is 1. The monoisotopic (exact) mass is 301 g/mol. The average molecular weight is 301 g/mol. The Morgan fingerprint density at radius 3 is 2.75 bits per heavy atom. The first kappa shape index (κ1) is 15.0. The van der Waals surface area contributed by atoms with Gasteiger partial charge >= 0.3 is 5.97 Å². The van der Waals surface area contributed by atoms with E-state index in [9.17, 15) is 13.2 Å². The molecule has 1 atom stereocenters. The molecule has 20 heavy (non-hydrogen) atoms. The van der Waals surface area contributed by atoms with Crippen LogP contribution in [0.15, 0.2) is 17.3 Å². The molecule has 2 heterocycles. The quantitative estimate of drug-likeness (QED) is 0.838. The molecule has 0 spiro atoms. The lowest BCUT2D eigenvalue weighted by Gasteiger charge is -2.26. The second kappa shape index (κ2) is 5.17. The molecule has 1 fully saturated rings. The fourth-order valence-corrected chi connectivity index (χ4v) is 3.70. The van der Waals surface area contributed by atoms with Crippen molar-refractivity contribution in [2.24, 2.45) is 0 Å². The Kier molecular flexibility index (Phi) is 3.88. The molecule has 1 aromatic rings. The maximum atomic E-state index is 12.4. The summed E-state index contributed by atoms with van der Waals surface area (Å²) in [6.45, 7) is 5.58. The highest BCUT2D eigenvalue weighted by Gasteiger charge is 2.41. The van der Waals surface area contributed by atoms with Gasteiger partial charge in [-0.1, -0.05) is 0 Å². The highest BCUT2D eigenvalue weighted by molar-refractivity contribution is 7.89. The summed E-state index contributed by atoms with van der Waals surface area (Å²) in [5, 5.41) is 6.07. The van der Waals surface area contributed by atoms with Crippen LogP contribution in [0, 0.1) is 0 Å². The third-order valence-corrected chi connectivity index (χ3v) is 4.78. The molecule has 2 rings (SSSR count). The topological polar surface area (TPSA) is 92.4 Å². The van der Waals surface area contributed by atoms with Crippen molar-refractivity contribution < 1.29 is 17.9 Å². The van der Waals surface area contributed by atoms with Crippen LogP contribution in [-0.4, -0.2) is 47.1 Å². The fourth-order valence-electron chi connectivity index (χ4n) is 2.15. The van der Waals surface area contributed by atoms with Gasteiger partial charge in [-0.3, -0.25) is 9.89 Å². The molecule has 0 aromatic carbocycles. The molecule has 0 radical (unpaired) electrons. The summed E-state index contributed by atoms with van der Waals surface area (Å²) in [7, 11) is -3.73. The largest absolute Gasteiger partial charge is 0.459 e. The zero-order valence-corrected chi connectivity index (χ0v) is 12.6. The standard InChI is InChI=1S/C12H19N3O4S/c1-12(2,3)19-11(16)9-5-4-8-15(9)20(17,18)10-6-7-13-14-10/h6-7,9H,4-5,8H2,1-3H3,(H,13,14)/t9-/m0/s1. The molecule has 0 saturated carbocycles. The van der Waals surface area contributed by atoms with Crippen molar-refractivity contribution in [2.75, 3.05) is 6.54 Å². The summed E-state index contributed by atoms with van der Waals surface area (Å²) in [5.74, 6) is -0.502. The first-order valence-corrected chi connectivity index (χ1v) is 7.90. The fraction of sp³-hybridized carbons (Fsp3) is 0.667. The second-order valence-electron chi connectivity index (χ2n) is 5.73. The molecule has 112 valence electrons. The molecule has 1 aliphatic heterocycles. The van der Waals surface area contributed by atoms with Gasteiger partial charge in [0.25, 0.3) is 10.0 Å². The molecule has 7 nitrogen and oxygen atoms in total. The van der Waals surface area contributed by atoms with Gasteiger partial charge in [0.05, 0.1) is 6.20 Å². The number of carbonyl (C=O) groups excluding carboxylic acids is 1. The summed E-state index contributed by atoms with van der Waals surface area (Å²) in [5.41, 5.74) is -0.636. The van der Waals surface area contributed by atoms with Gasteiger partial charge < -0.3 is 4.74 Å². The number of hydrogen-bond acceptors (Lipinski definition) is 5. The van der Waals surface area contributed by atoms with Crippen LogP contribution in [0.1, 0.15) is 33.6 Å². The van der Waals surface area contributed by atoms with Gasteiger partial charge in [-0.15, -0.1) is 0 Å². The summed E-state index contributed by atoms with van der Waals surface area (Å²) in [6, 6.07) is 0.613. The Morgan fingerprint density at radius 2 is 2.20 bits per heavy atom. The molecule has 1 saturated heterocycles. The van der Waals surface area contributed by atoms with E-state index in [1.54, 1.807) is 20.8 Å². The number of carbonyl (C=O) groups is 1. The van der Waals surface area contributed by atoms with E-state index in [4.69, 9.17) is 4.74 Å². The van der Waals surface area contributed by atoms with E-state index in [2.05, 4.69) is 10.2 Å². The van der Waals surface area contributed by atoms with Gasteiger partial charge in [-0.05, 0) is 39.7 Å². The summed E-state index contributed by atoms with van der Waals surface area (Å²) in [4.78, 5) is 12.1. The third kappa shape index (κ3) is 3.01. The Hall–Kier alpha value is -1.41. The molecule has 0 unspecified atom stereocenters. The number of aromatic nitrogens is 2. The van der Waals surface area contributed by atoms with Crippen LogP contribution >= 0.6 is 0 Å². The first-order valence-electron chi connectivity index (χ1n) is 6.46. The van der Waals surface area contributed by atoms with Crippen LogP contribution in [0.5, 0.6) is 0 Å². The molecule has 0 aliphatic carbocycles. The number of hydrogen-bond donors (Lipinski definition) is 1. The van der Waals surface area contributed by atoms with Gasteiger partial charge in [-0.25, -0.2) is 8.42 Å². The first-order chi connectivity index (χ1) is 9.22. The number of esters is 1. The Balaban J connectivity index is 2.22. The van der Waals surface area contributed by atoms with E-state index in [0.29, 0.717) is 19.4 Å². The minimum absolute atomic E-state index is 0.00652. The molecule has 0 amide bonds. The van der Waals surface area contributed by atoms with E-state index >= 15 is 0 Å². The molecule has 0 bridgehead atoms. The van der Waals surface area contributed by atoms with E-state index in [-0.39, 0.29) is 5.03 Å². The van der Waals surface area contributed by atoms with Gasteiger partial charge in [0.15, 0.2) is 5.03 Å². The van der Waals surface area contributed by atoms with Crippen molar-refractivity contribution in [1.29, 1.82) is 0 Å². The van der Waals surface area contributed by atoms with Crippen molar-refractivity contribution >= 4 is 16.0 Å². The summed E-state index contributed by atoms with van der Waals surface area (Å²) in [6.07, 6.45) is 2.48. The Morgan fingerprint density at radius 1 is 1.50 bits per heavy atom. The van der Waals surface area contributed by atoms with E-state index in [0.717, 1.165) is 0 Å². The third-order valence-electron chi connectivity index (χ3n) is 2.94. The number of sulfonamides is 1. The highest BCUT2D eigenvalue weighted by Crippen LogP contribution is 2.26. The average Bonchev–Trinajstić information content (AvgIpc) is 2.99. The lowest BCUT2D eigenvalue weighted by atomic mass is 10.2. The zero-order valence-electron chi connectivity index (χ0n) is 11.8. The normalized spacial score (nSPS) is 21.1. The number of ether oxygens (including phenoxy) is 1. The van der Waals surface area contributed by atoms with Crippen molar-refractivity contribution in [3.63, 3.8) is 0 Å². The maximum Gasteiger partial charge on any atom is 0.324 e. The van der Waals surface area contributed by atoms with Crippen molar-refractivity contribution in [3.05, 3.63) is 12.3 Å². The van der Waals surface area contributed by atoms with Crippen molar-refractivity contribution in [3.8, 4) is 0 Å². The van der Waals surface area contributed by atoms with Crippen molar-refractivity contribution in [1.82, 2.24) is 14.5 Å². The number of aromatic amines is 1. The van der Waals surface area contributed by atoms with Gasteiger partial charge in [0.2, 0.25) is 0 Å². The van der Waals surface area contributed by atoms with Crippen LogP contribution < -0.4 is 0 Å². The van der Waals surface area contributed by atoms with E-state index < -0.39 is 27.6 Å². The van der Waals surface area contributed by atoms with Gasteiger partial charge in [0.1, 0.15) is 11.6 Å². The van der Waals surface area contributed by atoms with Gasteiger partial charge in [0, 0.05) is 6.54 Å². The van der Waals surface area contributed by atoms with Gasteiger partial charge in [-0.2, -0.15) is 9.40 Å². The summed E-state index contributed by atoms with van der Waals surface area (Å²) >= 11 is 0. The predicted octanol–water partition coefficient (Wildman–Crippen LogP) is 0.905. The van der Waals surface area contributed by atoms with Crippen LogP contribution in [0.3, 0.4) is 0 Å². The smallest absolute Gasteiger partial charge is 0.324 e. The Bertz CT molecular complexity index is 574. The number of nitrogens with zero attached hydrogens (tertiary/aromatic N) is 2. The van der Waals surface area contributed by atoms with Crippen LogP contribution in [0.25, 0.3) is 0 Å².